The van der Waals surface area contributed by atoms with Gasteiger partial charge in [-0.15, -0.1) is 0 Å². The van der Waals surface area contributed by atoms with Crippen LogP contribution in [0, 0.1) is 0 Å². The molecular weight excluding hydrogens is 293 g/mol. The molecule has 106 valence electrons. The van der Waals surface area contributed by atoms with E-state index < -0.39 is 18.3 Å². The fourth-order valence-electron chi connectivity index (χ4n) is 1.60. The highest BCUT2D eigenvalue weighted by molar-refractivity contribution is 6.42. The number of hydrogen-bond acceptors (Lipinski definition) is 4. The van der Waals surface area contributed by atoms with E-state index in [2.05, 4.69) is 0 Å². The fraction of sp³-hybridized carbons (Fsp3) is 0.417. The van der Waals surface area contributed by atoms with Gasteiger partial charge in [0.1, 0.15) is 19.0 Å². The molecule has 2 N–H and O–H groups in total. The molecule has 7 heteroatoms. The van der Waals surface area contributed by atoms with E-state index in [1.807, 2.05) is 0 Å². The zero-order valence-electron chi connectivity index (χ0n) is 10.6. The van der Waals surface area contributed by atoms with E-state index >= 15 is 0 Å². The smallest absolute Gasteiger partial charge is 0.404 e. The Morgan fingerprint density at radius 3 is 2.68 bits per heavy atom. The van der Waals surface area contributed by atoms with Crippen molar-refractivity contribution in [3.05, 3.63) is 33.8 Å². The average molecular weight is 308 g/mol. The van der Waals surface area contributed by atoms with Crippen LogP contribution in [0.3, 0.4) is 0 Å². The number of primary amides is 1. The van der Waals surface area contributed by atoms with Crippen molar-refractivity contribution in [1.82, 2.24) is 0 Å². The molecule has 0 aliphatic carbocycles. The zero-order chi connectivity index (χ0) is 14.4. The highest BCUT2D eigenvalue weighted by Gasteiger charge is 2.26. The van der Waals surface area contributed by atoms with Crippen LogP contribution in [-0.4, -0.2) is 26.1 Å². The van der Waals surface area contributed by atoms with E-state index in [1.54, 1.807) is 25.1 Å². The van der Waals surface area contributed by atoms with E-state index in [1.165, 1.54) is 7.11 Å². The van der Waals surface area contributed by atoms with Crippen LogP contribution in [0.1, 0.15) is 18.6 Å². The van der Waals surface area contributed by atoms with Crippen LogP contribution in [0.4, 0.5) is 4.79 Å². The molecule has 0 aliphatic rings. The van der Waals surface area contributed by atoms with Crippen LogP contribution in [0.2, 0.25) is 10.0 Å². The number of nitrogens with two attached hydrogens (primary N) is 1. The normalized spacial score (nSPS) is 13.9. The van der Waals surface area contributed by atoms with Crippen LogP contribution in [0.25, 0.3) is 0 Å². The second-order valence-corrected chi connectivity index (χ2v) is 4.56. The molecule has 1 rings (SSSR count). The highest BCUT2D eigenvalue weighted by atomic mass is 35.5. The first kappa shape index (κ1) is 16.0. The van der Waals surface area contributed by atoms with Gasteiger partial charge in [0.15, 0.2) is 0 Å². The highest BCUT2D eigenvalue weighted by Crippen LogP contribution is 2.34. The second-order valence-electron chi connectivity index (χ2n) is 3.78. The minimum Gasteiger partial charge on any atom is -0.444 e. The Kier molecular flexibility index (Phi) is 6.37. The first-order valence-electron chi connectivity index (χ1n) is 5.48. The standard InChI is InChI=1S/C12H15Cl2NO4/c1-7(19-12(15)16)11(18-6-17-2)8-4-3-5-9(13)10(8)14/h3-5,7,11H,6H2,1-2H3,(H2,15,16). The van der Waals surface area contributed by atoms with Crippen molar-refractivity contribution < 1.29 is 19.0 Å². The third-order valence-electron chi connectivity index (χ3n) is 2.38. The van der Waals surface area contributed by atoms with E-state index in [4.69, 9.17) is 43.1 Å². The van der Waals surface area contributed by atoms with Gasteiger partial charge in [0.2, 0.25) is 0 Å². The molecule has 0 fully saturated rings. The molecule has 0 saturated carbocycles. The molecule has 5 nitrogen and oxygen atoms in total. The Labute approximate surface area is 121 Å². The molecular formula is C12H15Cl2NO4. The van der Waals surface area contributed by atoms with Gasteiger partial charge in [-0.25, -0.2) is 4.79 Å². The third kappa shape index (κ3) is 4.54. The van der Waals surface area contributed by atoms with Gasteiger partial charge in [-0.2, -0.15) is 0 Å². The number of halogens is 2. The molecule has 0 aromatic heterocycles. The van der Waals surface area contributed by atoms with Crippen molar-refractivity contribution >= 4 is 29.3 Å². The summed E-state index contributed by atoms with van der Waals surface area (Å²) in [6, 6.07) is 5.11. The lowest BCUT2D eigenvalue weighted by Crippen LogP contribution is -2.28. The van der Waals surface area contributed by atoms with Crippen LogP contribution < -0.4 is 5.73 Å². The maximum absolute atomic E-state index is 10.8. The van der Waals surface area contributed by atoms with Crippen molar-refractivity contribution in [1.29, 1.82) is 0 Å². The van der Waals surface area contributed by atoms with Gasteiger partial charge in [0.05, 0.1) is 10.0 Å². The van der Waals surface area contributed by atoms with E-state index in [-0.39, 0.29) is 6.79 Å². The van der Waals surface area contributed by atoms with E-state index in [0.29, 0.717) is 15.6 Å². The fourth-order valence-corrected chi connectivity index (χ4v) is 2.02. The monoisotopic (exact) mass is 307 g/mol. The number of carbonyl (C=O) groups excluding carboxylic acids is 1. The lowest BCUT2D eigenvalue weighted by atomic mass is 10.1. The van der Waals surface area contributed by atoms with Gasteiger partial charge < -0.3 is 19.9 Å². The molecule has 0 heterocycles. The third-order valence-corrected chi connectivity index (χ3v) is 3.22. The van der Waals surface area contributed by atoms with Gasteiger partial charge in [-0.1, -0.05) is 35.3 Å². The Balaban J connectivity index is 3.01. The molecule has 0 saturated heterocycles. The minimum absolute atomic E-state index is 0.0139. The van der Waals surface area contributed by atoms with Gasteiger partial charge in [-0.3, -0.25) is 0 Å². The van der Waals surface area contributed by atoms with E-state index in [9.17, 15) is 4.79 Å². The van der Waals surface area contributed by atoms with Gasteiger partial charge in [-0.05, 0) is 13.0 Å². The summed E-state index contributed by atoms with van der Waals surface area (Å²) < 4.78 is 15.2. The molecule has 2 unspecified atom stereocenters. The number of amides is 1. The topological polar surface area (TPSA) is 70.8 Å². The molecule has 19 heavy (non-hydrogen) atoms. The number of ether oxygens (including phenoxy) is 3. The Morgan fingerprint density at radius 1 is 1.42 bits per heavy atom. The predicted molar refractivity (Wildman–Crippen MR) is 72.3 cm³/mol. The summed E-state index contributed by atoms with van der Waals surface area (Å²) in [7, 11) is 1.48. The largest absolute Gasteiger partial charge is 0.444 e. The first-order chi connectivity index (χ1) is 8.97. The summed E-state index contributed by atoms with van der Waals surface area (Å²) >= 11 is 12.1. The van der Waals surface area contributed by atoms with Gasteiger partial charge in [0.25, 0.3) is 0 Å². The van der Waals surface area contributed by atoms with Crippen molar-refractivity contribution in [3.8, 4) is 0 Å². The lowest BCUT2D eigenvalue weighted by molar-refractivity contribution is -0.111. The summed E-state index contributed by atoms with van der Waals surface area (Å²) in [5.41, 5.74) is 5.60. The first-order valence-corrected chi connectivity index (χ1v) is 6.23. The average Bonchev–Trinajstić information content (AvgIpc) is 2.33. The Hall–Kier alpha value is -1.01. The SMILES string of the molecule is COCOC(c1cccc(Cl)c1Cl)C(C)OC(N)=O. The maximum Gasteiger partial charge on any atom is 0.404 e. The summed E-state index contributed by atoms with van der Waals surface area (Å²) in [5, 5.41) is 0.724. The summed E-state index contributed by atoms with van der Waals surface area (Å²) in [4.78, 5) is 10.8. The van der Waals surface area contributed by atoms with Crippen LogP contribution in [0.15, 0.2) is 18.2 Å². The molecule has 1 aromatic carbocycles. The molecule has 1 amide bonds. The van der Waals surface area contributed by atoms with Crippen LogP contribution in [0.5, 0.6) is 0 Å². The molecule has 2 atom stereocenters. The van der Waals surface area contributed by atoms with Gasteiger partial charge >= 0.3 is 6.09 Å². The number of carbonyl (C=O) groups is 1. The maximum atomic E-state index is 10.8. The summed E-state index contributed by atoms with van der Waals surface area (Å²) in [6.07, 6.45) is -2.15. The number of methoxy groups -OCH3 is 1. The lowest BCUT2D eigenvalue weighted by Gasteiger charge is -2.24. The predicted octanol–water partition coefficient (Wildman–Crippen LogP) is 3.14. The molecule has 0 aliphatic heterocycles. The number of benzene rings is 1. The van der Waals surface area contributed by atoms with E-state index in [0.717, 1.165) is 0 Å². The summed E-state index contributed by atoms with van der Waals surface area (Å²) in [5.74, 6) is 0. The van der Waals surface area contributed by atoms with Crippen LogP contribution in [-0.2, 0) is 14.2 Å². The zero-order valence-corrected chi connectivity index (χ0v) is 12.1. The Morgan fingerprint density at radius 2 is 2.11 bits per heavy atom. The molecule has 0 radical (unpaired) electrons. The minimum atomic E-state index is -0.892. The van der Waals surface area contributed by atoms with Crippen molar-refractivity contribution in [3.63, 3.8) is 0 Å². The number of rotatable bonds is 6. The molecule has 1 aromatic rings. The Bertz CT molecular complexity index is 442. The van der Waals surface area contributed by atoms with Crippen molar-refractivity contribution in [2.75, 3.05) is 13.9 Å². The van der Waals surface area contributed by atoms with Crippen LogP contribution >= 0.6 is 23.2 Å². The quantitative estimate of drug-likeness (QED) is 0.820. The van der Waals surface area contributed by atoms with Gasteiger partial charge in [0, 0.05) is 12.7 Å². The van der Waals surface area contributed by atoms with Crippen molar-refractivity contribution in [2.45, 2.75) is 19.1 Å². The summed E-state index contributed by atoms with van der Waals surface area (Å²) in [6.45, 7) is 1.66. The van der Waals surface area contributed by atoms with Crippen molar-refractivity contribution in [2.24, 2.45) is 5.73 Å². The number of hydrogen-bond donors (Lipinski definition) is 1. The molecule has 0 spiro atoms. The second kappa shape index (κ2) is 7.55. The molecule has 0 bridgehead atoms.